The van der Waals surface area contributed by atoms with Gasteiger partial charge < -0.3 is 5.32 Å². The fourth-order valence-corrected chi connectivity index (χ4v) is 3.83. The first-order valence-corrected chi connectivity index (χ1v) is 9.54. The number of carbonyl (C=O) groups excluding carboxylic acids is 1. The van der Waals surface area contributed by atoms with Gasteiger partial charge in [-0.1, -0.05) is 49.4 Å². The number of nitrogens with one attached hydrogen (secondary N) is 1. The zero-order valence-electron chi connectivity index (χ0n) is 14.8. The van der Waals surface area contributed by atoms with Gasteiger partial charge in [0.25, 0.3) is 5.91 Å². The maximum Gasteiger partial charge on any atom is 0.272 e. The van der Waals surface area contributed by atoms with Crippen molar-refractivity contribution in [2.24, 2.45) is 0 Å². The SMILES string of the molecule is C[C@H](CNC(=O)c1nccnc1-c1nc2ccccc2s1)c1ccccc1. The average molecular weight is 374 g/mol. The highest BCUT2D eigenvalue weighted by Crippen LogP contribution is 2.30. The smallest absolute Gasteiger partial charge is 0.272 e. The third kappa shape index (κ3) is 3.71. The first kappa shape index (κ1) is 17.3. The van der Waals surface area contributed by atoms with Crippen molar-refractivity contribution < 1.29 is 4.79 Å². The molecule has 5 nitrogen and oxygen atoms in total. The van der Waals surface area contributed by atoms with Crippen LogP contribution in [0.25, 0.3) is 20.9 Å². The predicted octanol–water partition coefficient (Wildman–Crippen LogP) is 4.29. The summed E-state index contributed by atoms with van der Waals surface area (Å²) in [5.41, 5.74) is 2.90. The summed E-state index contributed by atoms with van der Waals surface area (Å²) in [4.78, 5) is 26.0. The van der Waals surface area contributed by atoms with Crippen LogP contribution < -0.4 is 5.32 Å². The third-order valence-corrected chi connectivity index (χ3v) is 5.39. The van der Waals surface area contributed by atoms with Gasteiger partial charge in [0.05, 0.1) is 10.2 Å². The molecular weight excluding hydrogens is 356 g/mol. The van der Waals surface area contributed by atoms with Crippen molar-refractivity contribution in [1.82, 2.24) is 20.3 Å². The van der Waals surface area contributed by atoms with Crippen LogP contribution >= 0.6 is 11.3 Å². The zero-order chi connectivity index (χ0) is 18.6. The van der Waals surface area contributed by atoms with E-state index in [1.54, 1.807) is 6.20 Å². The molecule has 1 amide bonds. The molecule has 0 aliphatic carbocycles. The van der Waals surface area contributed by atoms with E-state index in [2.05, 4.69) is 39.3 Å². The van der Waals surface area contributed by atoms with E-state index in [4.69, 9.17) is 0 Å². The van der Waals surface area contributed by atoms with E-state index >= 15 is 0 Å². The Kier molecular flexibility index (Phi) is 4.89. The summed E-state index contributed by atoms with van der Waals surface area (Å²) >= 11 is 1.51. The first-order chi connectivity index (χ1) is 13.2. The molecule has 0 spiro atoms. The molecule has 0 radical (unpaired) electrons. The van der Waals surface area contributed by atoms with Crippen molar-refractivity contribution in [3.63, 3.8) is 0 Å². The van der Waals surface area contributed by atoms with Crippen molar-refractivity contribution in [2.45, 2.75) is 12.8 Å². The summed E-state index contributed by atoms with van der Waals surface area (Å²) in [6.45, 7) is 2.61. The van der Waals surface area contributed by atoms with Crippen LogP contribution in [0.5, 0.6) is 0 Å². The standard InChI is InChI=1S/C21H18N4OS/c1-14(15-7-3-2-4-8-15)13-24-20(26)18-19(23-12-11-22-18)21-25-16-9-5-6-10-17(16)27-21/h2-12,14H,13H2,1H3,(H,24,26)/t14-/m1/s1. The molecule has 4 rings (SSSR count). The Bertz CT molecular complexity index is 1040. The van der Waals surface area contributed by atoms with E-state index in [-0.39, 0.29) is 11.8 Å². The second-order valence-corrected chi connectivity index (χ2v) is 7.29. The quantitative estimate of drug-likeness (QED) is 0.566. The Morgan fingerprint density at radius 2 is 1.78 bits per heavy atom. The van der Waals surface area contributed by atoms with E-state index in [1.165, 1.54) is 23.1 Å². The molecule has 0 fully saturated rings. The summed E-state index contributed by atoms with van der Waals surface area (Å²) in [6, 6.07) is 18.0. The van der Waals surface area contributed by atoms with E-state index in [9.17, 15) is 4.79 Å². The highest BCUT2D eigenvalue weighted by molar-refractivity contribution is 7.21. The first-order valence-electron chi connectivity index (χ1n) is 8.72. The summed E-state index contributed by atoms with van der Waals surface area (Å²) < 4.78 is 1.06. The Labute approximate surface area is 161 Å². The van der Waals surface area contributed by atoms with Crippen LogP contribution in [0.2, 0.25) is 0 Å². The monoisotopic (exact) mass is 374 g/mol. The van der Waals surface area contributed by atoms with E-state index in [0.29, 0.717) is 22.9 Å². The highest BCUT2D eigenvalue weighted by Gasteiger charge is 2.19. The number of hydrogen-bond donors (Lipinski definition) is 1. The van der Waals surface area contributed by atoms with Gasteiger partial charge in [0.2, 0.25) is 0 Å². The van der Waals surface area contributed by atoms with Gasteiger partial charge in [-0.3, -0.25) is 4.79 Å². The minimum atomic E-state index is -0.236. The Morgan fingerprint density at radius 3 is 2.59 bits per heavy atom. The van der Waals surface area contributed by atoms with Crippen LogP contribution in [0.1, 0.15) is 28.9 Å². The molecule has 0 saturated heterocycles. The highest BCUT2D eigenvalue weighted by atomic mass is 32.1. The van der Waals surface area contributed by atoms with Gasteiger partial charge in [-0.25, -0.2) is 15.0 Å². The lowest BCUT2D eigenvalue weighted by Crippen LogP contribution is -2.29. The Balaban J connectivity index is 1.56. The number of nitrogens with zero attached hydrogens (tertiary/aromatic N) is 3. The number of rotatable bonds is 5. The van der Waals surface area contributed by atoms with Crippen molar-refractivity contribution in [3.05, 3.63) is 78.2 Å². The molecule has 134 valence electrons. The van der Waals surface area contributed by atoms with Gasteiger partial charge in [-0.2, -0.15) is 0 Å². The number of hydrogen-bond acceptors (Lipinski definition) is 5. The molecule has 6 heteroatoms. The fraction of sp³-hybridized carbons (Fsp3) is 0.143. The summed E-state index contributed by atoms with van der Waals surface area (Å²) in [6.07, 6.45) is 3.12. The predicted molar refractivity (Wildman–Crippen MR) is 108 cm³/mol. The van der Waals surface area contributed by atoms with Gasteiger partial charge in [0.1, 0.15) is 10.7 Å². The van der Waals surface area contributed by atoms with Crippen LogP contribution in [-0.4, -0.2) is 27.4 Å². The minimum absolute atomic E-state index is 0.206. The lowest BCUT2D eigenvalue weighted by molar-refractivity contribution is 0.0947. The van der Waals surface area contributed by atoms with Crippen molar-refractivity contribution in [2.75, 3.05) is 6.54 Å². The second kappa shape index (κ2) is 7.63. The van der Waals surface area contributed by atoms with Gasteiger partial charge >= 0.3 is 0 Å². The van der Waals surface area contributed by atoms with Crippen LogP contribution in [0.4, 0.5) is 0 Å². The normalized spacial score (nSPS) is 12.0. The summed E-state index contributed by atoms with van der Waals surface area (Å²) in [5.74, 6) is -0.0298. The number of amides is 1. The topological polar surface area (TPSA) is 67.8 Å². The van der Waals surface area contributed by atoms with Gasteiger partial charge in [-0.05, 0) is 23.6 Å². The molecule has 1 atom stereocenters. The molecule has 27 heavy (non-hydrogen) atoms. The van der Waals surface area contributed by atoms with Crippen LogP contribution in [0.3, 0.4) is 0 Å². The molecule has 2 aromatic heterocycles. The molecule has 0 unspecified atom stereocenters. The lowest BCUT2D eigenvalue weighted by Gasteiger charge is -2.13. The van der Waals surface area contributed by atoms with Crippen LogP contribution in [0.15, 0.2) is 67.0 Å². The number of carbonyl (C=O) groups is 1. The minimum Gasteiger partial charge on any atom is -0.350 e. The van der Waals surface area contributed by atoms with E-state index < -0.39 is 0 Å². The number of aromatic nitrogens is 3. The van der Waals surface area contributed by atoms with Crippen LogP contribution in [-0.2, 0) is 0 Å². The summed E-state index contributed by atoms with van der Waals surface area (Å²) in [7, 11) is 0. The average Bonchev–Trinajstić information content (AvgIpc) is 3.16. The number of benzene rings is 2. The largest absolute Gasteiger partial charge is 0.350 e. The van der Waals surface area contributed by atoms with E-state index in [1.807, 2.05) is 42.5 Å². The molecule has 0 saturated carbocycles. The lowest BCUT2D eigenvalue weighted by atomic mass is 10.0. The van der Waals surface area contributed by atoms with E-state index in [0.717, 1.165) is 10.2 Å². The van der Waals surface area contributed by atoms with Crippen molar-refractivity contribution in [3.8, 4) is 10.7 Å². The fourth-order valence-electron chi connectivity index (χ4n) is 2.86. The molecule has 4 aromatic rings. The maximum absolute atomic E-state index is 12.8. The van der Waals surface area contributed by atoms with Gasteiger partial charge in [0.15, 0.2) is 5.69 Å². The molecule has 2 heterocycles. The number of para-hydroxylation sites is 1. The Hall–Kier alpha value is -3.12. The molecule has 0 bridgehead atoms. The Morgan fingerprint density at radius 1 is 1.04 bits per heavy atom. The summed E-state index contributed by atoms with van der Waals surface area (Å²) in [5, 5.41) is 3.68. The second-order valence-electron chi connectivity index (χ2n) is 6.26. The third-order valence-electron chi connectivity index (χ3n) is 4.35. The number of thiazole rings is 1. The zero-order valence-corrected chi connectivity index (χ0v) is 15.6. The van der Waals surface area contributed by atoms with Crippen molar-refractivity contribution >= 4 is 27.5 Å². The molecular formula is C21H18N4OS. The van der Waals surface area contributed by atoms with Crippen LogP contribution in [0, 0.1) is 0 Å². The molecule has 0 aliphatic heterocycles. The number of fused-ring (bicyclic) bond motifs is 1. The van der Waals surface area contributed by atoms with Gasteiger partial charge in [-0.15, -0.1) is 11.3 Å². The molecule has 0 aliphatic rings. The van der Waals surface area contributed by atoms with Crippen molar-refractivity contribution in [1.29, 1.82) is 0 Å². The maximum atomic E-state index is 12.8. The van der Waals surface area contributed by atoms with Gasteiger partial charge in [0, 0.05) is 18.9 Å². The molecule has 2 aromatic carbocycles. The molecule has 1 N–H and O–H groups in total.